The standard InChI is InChI=1S/C17H23NO.C6H8O2/c1-18-9-8-17-7-3-2-4-14(17)16(18)10-12-5-6-13(19)11-15(12)17;1-2-3-4-5-6(7)8/h5-6,11,14,16,19H,2-4,7-10H2,1H3;2-5H,1H3,(H,7,8)/t14-,16+,17+;/m0./s1. The van der Waals surface area contributed by atoms with Crippen molar-refractivity contribution in [3.05, 3.63) is 53.6 Å². The monoisotopic (exact) mass is 369 g/mol. The van der Waals surface area contributed by atoms with E-state index in [2.05, 4.69) is 24.1 Å². The number of likely N-dealkylation sites (tertiary alicyclic amines) is 1. The van der Waals surface area contributed by atoms with E-state index >= 15 is 0 Å². The fraction of sp³-hybridized carbons (Fsp3) is 0.522. The van der Waals surface area contributed by atoms with Crippen molar-refractivity contribution in [3.63, 3.8) is 0 Å². The number of carboxylic acid groups (broad SMARTS) is 1. The van der Waals surface area contributed by atoms with Gasteiger partial charge in [0.1, 0.15) is 5.75 Å². The van der Waals surface area contributed by atoms with Gasteiger partial charge in [0.25, 0.3) is 0 Å². The molecular formula is C23H31NO3. The minimum absolute atomic E-state index is 0.377. The summed E-state index contributed by atoms with van der Waals surface area (Å²) in [5, 5.41) is 17.9. The first-order chi connectivity index (χ1) is 13.0. The van der Waals surface area contributed by atoms with E-state index < -0.39 is 5.97 Å². The molecule has 3 atom stereocenters. The maximum absolute atomic E-state index is 9.91. The third-order valence-corrected chi connectivity index (χ3v) is 6.64. The van der Waals surface area contributed by atoms with Gasteiger partial charge in [-0.2, -0.15) is 0 Å². The van der Waals surface area contributed by atoms with Crippen molar-refractivity contribution in [2.75, 3.05) is 13.6 Å². The molecule has 4 rings (SSSR count). The fourth-order valence-corrected chi connectivity index (χ4v) is 5.43. The molecule has 4 heteroatoms. The van der Waals surface area contributed by atoms with Gasteiger partial charge in [-0.1, -0.05) is 37.1 Å². The number of aromatic hydroxyl groups is 1. The Bertz CT molecular complexity index is 739. The number of phenols is 1. The number of phenolic OH excluding ortho intramolecular Hbond substituents is 1. The molecule has 1 aromatic rings. The number of allylic oxidation sites excluding steroid dienone is 3. The van der Waals surface area contributed by atoms with Gasteiger partial charge in [0.15, 0.2) is 0 Å². The number of carboxylic acids is 1. The van der Waals surface area contributed by atoms with Gasteiger partial charge in [0, 0.05) is 17.5 Å². The summed E-state index contributed by atoms with van der Waals surface area (Å²) in [4.78, 5) is 12.3. The van der Waals surface area contributed by atoms with E-state index in [0.717, 1.165) is 18.0 Å². The number of hydrogen-bond donors (Lipinski definition) is 2. The van der Waals surface area contributed by atoms with E-state index in [1.54, 1.807) is 12.2 Å². The lowest BCUT2D eigenvalue weighted by Gasteiger charge is -2.58. The van der Waals surface area contributed by atoms with Crippen molar-refractivity contribution in [3.8, 4) is 5.75 Å². The van der Waals surface area contributed by atoms with E-state index in [-0.39, 0.29) is 0 Å². The normalized spacial score (nSPS) is 29.7. The summed E-state index contributed by atoms with van der Waals surface area (Å²) in [5.74, 6) is 0.354. The lowest BCUT2D eigenvalue weighted by molar-refractivity contribution is -0.131. The van der Waals surface area contributed by atoms with E-state index in [9.17, 15) is 9.90 Å². The Morgan fingerprint density at radius 1 is 1.26 bits per heavy atom. The van der Waals surface area contributed by atoms with Gasteiger partial charge < -0.3 is 15.1 Å². The van der Waals surface area contributed by atoms with E-state index in [1.807, 2.05) is 13.0 Å². The molecule has 2 bridgehead atoms. The summed E-state index contributed by atoms with van der Waals surface area (Å²) in [5.41, 5.74) is 3.36. The van der Waals surface area contributed by atoms with Crippen LogP contribution in [0.4, 0.5) is 0 Å². The average Bonchev–Trinajstić information content (AvgIpc) is 2.66. The fourth-order valence-electron chi connectivity index (χ4n) is 5.43. The first-order valence-corrected chi connectivity index (χ1v) is 10.0. The molecule has 4 nitrogen and oxygen atoms in total. The minimum atomic E-state index is -0.914. The lowest BCUT2D eigenvalue weighted by Crippen LogP contribution is -2.59. The van der Waals surface area contributed by atoms with E-state index in [4.69, 9.17) is 5.11 Å². The summed E-state index contributed by atoms with van der Waals surface area (Å²) in [6.45, 7) is 3.04. The lowest BCUT2D eigenvalue weighted by atomic mass is 9.52. The third-order valence-electron chi connectivity index (χ3n) is 6.64. The number of piperidine rings is 1. The molecule has 1 saturated heterocycles. The summed E-state index contributed by atoms with van der Waals surface area (Å²) in [6.07, 6.45) is 13.9. The highest BCUT2D eigenvalue weighted by atomic mass is 16.4. The molecule has 2 fully saturated rings. The first-order valence-electron chi connectivity index (χ1n) is 10.0. The molecule has 2 aliphatic carbocycles. The predicted octanol–water partition coefficient (Wildman–Crippen LogP) is 4.28. The van der Waals surface area contributed by atoms with Gasteiger partial charge in [0.2, 0.25) is 0 Å². The van der Waals surface area contributed by atoms with Crippen LogP contribution in [-0.2, 0) is 16.6 Å². The second kappa shape index (κ2) is 8.30. The molecule has 1 saturated carbocycles. The molecule has 1 aliphatic heterocycles. The Morgan fingerprint density at radius 2 is 2.07 bits per heavy atom. The molecule has 1 aromatic carbocycles. The Balaban J connectivity index is 0.000000226. The number of nitrogens with zero attached hydrogens (tertiary/aromatic N) is 1. The predicted molar refractivity (Wildman–Crippen MR) is 108 cm³/mol. The average molecular weight is 370 g/mol. The van der Waals surface area contributed by atoms with Crippen LogP contribution in [0.5, 0.6) is 5.75 Å². The molecule has 1 heterocycles. The van der Waals surface area contributed by atoms with Crippen LogP contribution >= 0.6 is 0 Å². The number of likely N-dealkylation sites (N-methyl/N-ethyl adjacent to an activating group) is 1. The van der Waals surface area contributed by atoms with Crippen molar-refractivity contribution in [1.82, 2.24) is 4.90 Å². The van der Waals surface area contributed by atoms with Crippen molar-refractivity contribution in [2.45, 2.75) is 56.9 Å². The number of carbonyl (C=O) groups is 1. The smallest absolute Gasteiger partial charge is 0.328 e. The molecule has 27 heavy (non-hydrogen) atoms. The summed E-state index contributed by atoms with van der Waals surface area (Å²) in [7, 11) is 2.30. The van der Waals surface area contributed by atoms with Gasteiger partial charge in [-0.3, -0.25) is 0 Å². The second-order valence-electron chi connectivity index (χ2n) is 8.08. The highest BCUT2D eigenvalue weighted by Gasteiger charge is 2.52. The molecule has 0 unspecified atom stereocenters. The van der Waals surface area contributed by atoms with Crippen LogP contribution in [0.3, 0.4) is 0 Å². The largest absolute Gasteiger partial charge is 0.508 e. The molecular weight excluding hydrogens is 338 g/mol. The molecule has 0 radical (unpaired) electrons. The molecule has 0 aromatic heterocycles. The Labute approximate surface area is 162 Å². The van der Waals surface area contributed by atoms with Crippen molar-refractivity contribution >= 4 is 5.97 Å². The highest BCUT2D eigenvalue weighted by molar-refractivity contribution is 5.80. The number of aliphatic carboxylic acids is 1. The van der Waals surface area contributed by atoms with Crippen LogP contribution in [0.2, 0.25) is 0 Å². The zero-order valence-electron chi connectivity index (χ0n) is 16.4. The van der Waals surface area contributed by atoms with Crippen molar-refractivity contribution in [1.29, 1.82) is 0 Å². The Hall–Kier alpha value is -2.07. The van der Waals surface area contributed by atoms with Crippen molar-refractivity contribution in [2.24, 2.45) is 5.92 Å². The minimum Gasteiger partial charge on any atom is -0.508 e. The van der Waals surface area contributed by atoms with Crippen LogP contribution in [0, 0.1) is 5.92 Å². The summed E-state index contributed by atoms with van der Waals surface area (Å²) in [6, 6.07) is 6.85. The van der Waals surface area contributed by atoms with Gasteiger partial charge >= 0.3 is 5.97 Å². The molecule has 3 aliphatic rings. The van der Waals surface area contributed by atoms with Crippen LogP contribution in [0.15, 0.2) is 42.5 Å². The Morgan fingerprint density at radius 3 is 2.81 bits per heavy atom. The highest BCUT2D eigenvalue weighted by Crippen LogP contribution is 2.55. The van der Waals surface area contributed by atoms with Crippen molar-refractivity contribution < 1.29 is 15.0 Å². The first kappa shape index (κ1) is 19.7. The van der Waals surface area contributed by atoms with Gasteiger partial charge in [-0.05, 0) is 75.4 Å². The van der Waals surface area contributed by atoms with Crippen LogP contribution in [-0.4, -0.2) is 40.7 Å². The van der Waals surface area contributed by atoms with Gasteiger partial charge in [-0.25, -0.2) is 4.79 Å². The third kappa shape index (κ3) is 3.96. The van der Waals surface area contributed by atoms with Crippen LogP contribution < -0.4 is 0 Å². The summed E-state index contributed by atoms with van der Waals surface area (Å²) >= 11 is 0. The molecule has 2 N–H and O–H groups in total. The Kier molecular flexibility index (Phi) is 6.05. The zero-order valence-corrected chi connectivity index (χ0v) is 16.4. The van der Waals surface area contributed by atoms with Crippen LogP contribution in [0.25, 0.3) is 0 Å². The number of hydrogen-bond acceptors (Lipinski definition) is 3. The molecule has 146 valence electrons. The van der Waals surface area contributed by atoms with E-state index in [0.29, 0.717) is 11.2 Å². The van der Waals surface area contributed by atoms with Gasteiger partial charge in [0.05, 0.1) is 0 Å². The number of rotatable bonds is 2. The second-order valence-corrected chi connectivity index (χ2v) is 8.08. The topological polar surface area (TPSA) is 60.8 Å². The zero-order chi connectivity index (χ0) is 19.4. The molecule has 0 spiro atoms. The summed E-state index contributed by atoms with van der Waals surface area (Å²) < 4.78 is 0. The maximum Gasteiger partial charge on any atom is 0.328 e. The number of fused-ring (bicyclic) bond motifs is 1. The molecule has 0 amide bonds. The number of benzene rings is 1. The van der Waals surface area contributed by atoms with E-state index in [1.165, 1.54) is 62.3 Å². The quantitative estimate of drug-likeness (QED) is 0.603. The maximum atomic E-state index is 9.91. The SMILES string of the molecule is CC=CC=CC(=O)O.CN1CC[C@]23CCCC[C@H]2[C@H]1Cc1ccc(O)cc13. The van der Waals surface area contributed by atoms with Crippen LogP contribution in [0.1, 0.15) is 50.2 Å². The van der Waals surface area contributed by atoms with Gasteiger partial charge in [-0.15, -0.1) is 0 Å².